The molecule has 9 heteroatoms. The van der Waals surface area contributed by atoms with Crippen LogP contribution in [0.5, 0.6) is 0 Å². The highest BCUT2D eigenvalue weighted by Gasteiger charge is 2.31. The van der Waals surface area contributed by atoms with Crippen LogP contribution in [0.1, 0.15) is 41.6 Å². The van der Waals surface area contributed by atoms with Crippen LogP contribution in [0, 0.1) is 0 Å². The Labute approximate surface area is 201 Å². The van der Waals surface area contributed by atoms with Crippen LogP contribution >= 0.6 is 35.6 Å². The van der Waals surface area contributed by atoms with E-state index in [4.69, 9.17) is 23.8 Å². The SMILES string of the molecule is O=C(CCCCCN1C(=O)/C(=C/c2ccc(Cl)cc2)SC1=S)NNC(=O)c1ccccc1. The standard InChI is InChI=1S/C23H22ClN3O3S2/c24-18-12-10-16(11-13-18)15-19-22(30)27(23(31)32-19)14-6-2-5-9-20(28)25-26-21(29)17-7-3-1-4-8-17/h1,3-4,7-8,10-13,15H,2,5-6,9,14H2,(H,25,28)(H,26,29)/b19-15-. The van der Waals surface area contributed by atoms with Crippen LogP contribution in [0.4, 0.5) is 0 Å². The molecule has 166 valence electrons. The van der Waals surface area contributed by atoms with Crippen molar-refractivity contribution in [2.45, 2.75) is 25.7 Å². The molecule has 1 aliphatic rings. The maximum Gasteiger partial charge on any atom is 0.269 e. The third kappa shape index (κ3) is 6.91. The first kappa shape index (κ1) is 24.0. The smallest absolute Gasteiger partial charge is 0.269 e. The lowest BCUT2D eigenvalue weighted by molar-refractivity contribution is -0.123. The highest BCUT2D eigenvalue weighted by Crippen LogP contribution is 2.32. The monoisotopic (exact) mass is 487 g/mol. The van der Waals surface area contributed by atoms with Gasteiger partial charge in [0.2, 0.25) is 5.91 Å². The Morgan fingerprint density at radius 1 is 1.00 bits per heavy atom. The van der Waals surface area contributed by atoms with E-state index in [-0.39, 0.29) is 24.1 Å². The Hall–Kier alpha value is -2.68. The van der Waals surface area contributed by atoms with E-state index in [1.54, 1.807) is 41.3 Å². The van der Waals surface area contributed by atoms with E-state index in [9.17, 15) is 14.4 Å². The van der Waals surface area contributed by atoms with Crippen molar-refractivity contribution in [2.75, 3.05) is 6.54 Å². The van der Waals surface area contributed by atoms with Crippen molar-refractivity contribution < 1.29 is 14.4 Å². The van der Waals surface area contributed by atoms with Gasteiger partial charge >= 0.3 is 0 Å². The average Bonchev–Trinajstić information content (AvgIpc) is 3.06. The summed E-state index contributed by atoms with van der Waals surface area (Å²) < 4.78 is 0.539. The Balaban J connectivity index is 1.36. The molecule has 2 aromatic rings. The molecule has 3 amide bonds. The van der Waals surface area contributed by atoms with Gasteiger partial charge in [0, 0.05) is 23.6 Å². The van der Waals surface area contributed by atoms with Crippen molar-refractivity contribution in [1.29, 1.82) is 0 Å². The molecule has 6 nitrogen and oxygen atoms in total. The summed E-state index contributed by atoms with van der Waals surface area (Å²) in [6.45, 7) is 0.509. The van der Waals surface area contributed by atoms with E-state index in [2.05, 4.69) is 10.9 Å². The molecule has 1 heterocycles. The summed E-state index contributed by atoms with van der Waals surface area (Å²) in [5.41, 5.74) is 6.18. The van der Waals surface area contributed by atoms with E-state index in [1.165, 1.54) is 11.8 Å². The predicted octanol–water partition coefficient (Wildman–Crippen LogP) is 4.56. The molecule has 32 heavy (non-hydrogen) atoms. The largest absolute Gasteiger partial charge is 0.293 e. The lowest BCUT2D eigenvalue weighted by Crippen LogP contribution is -2.41. The van der Waals surface area contributed by atoms with Gasteiger partial charge in [0.15, 0.2) is 0 Å². The van der Waals surface area contributed by atoms with Crippen LogP contribution in [-0.4, -0.2) is 33.5 Å². The van der Waals surface area contributed by atoms with Gasteiger partial charge in [-0.15, -0.1) is 0 Å². The molecular formula is C23H22ClN3O3S2. The molecule has 0 aromatic heterocycles. The number of hydrogen-bond donors (Lipinski definition) is 2. The van der Waals surface area contributed by atoms with Crippen molar-refractivity contribution >= 4 is 63.7 Å². The minimum Gasteiger partial charge on any atom is -0.293 e. The number of halogens is 1. The molecule has 0 bridgehead atoms. The molecule has 1 aliphatic heterocycles. The number of amides is 3. The number of carbonyl (C=O) groups is 3. The van der Waals surface area contributed by atoms with Crippen LogP contribution < -0.4 is 10.9 Å². The van der Waals surface area contributed by atoms with Crippen molar-refractivity contribution in [3.05, 3.63) is 75.7 Å². The topological polar surface area (TPSA) is 78.5 Å². The number of benzene rings is 2. The lowest BCUT2D eigenvalue weighted by atomic mass is 10.2. The fourth-order valence-corrected chi connectivity index (χ4v) is 4.42. The molecule has 1 saturated heterocycles. The zero-order chi connectivity index (χ0) is 22.9. The average molecular weight is 488 g/mol. The van der Waals surface area contributed by atoms with Crippen LogP contribution in [0.25, 0.3) is 6.08 Å². The normalized spacial score (nSPS) is 14.7. The van der Waals surface area contributed by atoms with Gasteiger partial charge in [-0.1, -0.05) is 72.3 Å². The quantitative estimate of drug-likeness (QED) is 0.247. The minimum absolute atomic E-state index is 0.101. The van der Waals surface area contributed by atoms with Gasteiger partial charge in [-0.2, -0.15) is 0 Å². The zero-order valence-electron chi connectivity index (χ0n) is 17.2. The number of unbranched alkanes of at least 4 members (excludes halogenated alkanes) is 2. The van der Waals surface area contributed by atoms with Gasteiger partial charge in [0.1, 0.15) is 4.32 Å². The van der Waals surface area contributed by atoms with Crippen LogP contribution in [-0.2, 0) is 9.59 Å². The fraction of sp³-hybridized carbons (Fsp3) is 0.217. The van der Waals surface area contributed by atoms with Crippen LogP contribution in [0.15, 0.2) is 59.5 Å². The summed E-state index contributed by atoms with van der Waals surface area (Å²) in [6.07, 6.45) is 4.22. The third-order valence-corrected chi connectivity index (χ3v) is 6.31. The summed E-state index contributed by atoms with van der Waals surface area (Å²) >= 11 is 12.5. The number of thioether (sulfide) groups is 1. The van der Waals surface area contributed by atoms with Gasteiger partial charge in [0.05, 0.1) is 4.91 Å². The number of nitrogens with zero attached hydrogens (tertiary/aromatic N) is 1. The van der Waals surface area contributed by atoms with Crippen LogP contribution in [0.3, 0.4) is 0 Å². The molecule has 0 radical (unpaired) electrons. The number of nitrogens with one attached hydrogen (secondary N) is 2. The minimum atomic E-state index is -0.361. The van der Waals surface area contributed by atoms with Gasteiger partial charge < -0.3 is 0 Å². The van der Waals surface area contributed by atoms with Crippen molar-refractivity contribution in [3.8, 4) is 0 Å². The molecule has 2 N–H and O–H groups in total. The van der Waals surface area contributed by atoms with E-state index in [1.807, 2.05) is 24.3 Å². The van der Waals surface area contributed by atoms with Gasteiger partial charge in [-0.3, -0.25) is 30.1 Å². The maximum absolute atomic E-state index is 12.6. The number of thiocarbonyl (C=S) groups is 1. The molecule has 1 fully saturated rings. The first-order valence-corrected chi connectivity index (χ1v) is 11.7. The van der Waals surface area contributed by atoms with Crippen molar-refractivity contribution in [1.82, 2.24) is 15.8 Å². The molecule has 0 unspecified atom stereocenters. The second-order valence-electron chi connectivity index (χ2n) is 7.06. The number of rotatable bonds is 8. The first-order valence-electron chi connectivity index (χ1n) is 10.1. The summed E-state index contributed by atoms with van der Waals surface area (Å²) in [7, 11) is 0. The van der Waals surface area contributed by atoms with Gasteiger partial charge in [-0.25, -0.2) is 0 Å². The Bertz CT molecular complexity index is 1030. The third-order valence-electron chi connectivity index (χ3n) is 4.68. The fourth-order valence-electron chi connectivity index (χ4n) is 2.99. The molecule has 0 saturated carbocycles. The second-order valence-corrected chi connectivity index (χ2v) is 9.18. The van der Waals surface area contributed by atoms with Gasteiger partial charge in [0.25, 0.3) is 11.8 Å². The molecule has 0 spiro atoms. The molecule has 2 aromatic carbocycles. The van der Waals surface area contributed by atoms with E-state index in [0.29, 0.717) is 32.8 Å². The molecule has 0 aliphatic carbocycles. The highest BCUT2D eigenvalue weighted by atomic mass is 35.5. The van der Waals surface area contributed by atoms with E-state index < -0.39 is 0 Å². The molecule has 3 rings (SSSR count). The summed E-state index contributed by atoms with van der Waals surface area (Å²) in [5.74, 6) is -0.720. The Morgan fingerprint density at radius 3 is 2.44 bits per heavy atom. The molecular weight excluding hydrogens is 466 g/mol. The lowest BCUT2D eigenvalue weighted by Gasteiger charge is -2.14. The zero-order valence-corrected chi connectivity index (χ0v) is 19.6. The Kier molecular flexibility index (Phi) is 8.84. The summed E-state index contributed by atoms with van der Waals surface area (Å²) in [6, 6.07) is 15.9. The van der Waals surface area contributed by atoms with Crippen molar-refractivity contribution in [2.24, 2.45) is 0 Å². The number of carbonyl (C=O) groups excluding carboxylic acids is 3. The van der Waals surface area contributed by atoms with E-state index >= 15 is 0 Å². The summed E-state index contributed by atoms with van der Waals surface area (Å²) in [4.78, 5) is 38.6. The number of hydrogen-bond acceptors (Lipinski definition) is 5. The first-order chi connectivity index (χ1) is 15.4. The van der Waals surface area contributed by atoms with E-state index in [0.717, 1.165) is 18.4 Å². The van der Waals surface area contributed by atoms with Crippen LogP contribution in [0.2, 0.25) is 5.02 Å². The summed E-state index contributed by atoms with van der Waals surface area (Å²) in [5, 5.41) is 0.641. The van der Waals surface area contributed by atoms with Gasteiger partial charge in [-0.05, 0) is 48.7 Å². The van der Waals surface area contributed by atoms with Crippen molar-refractivity contribution in [3.63, 3.8) is 0 Å². The number of hydrazine groups is 1. The maximum atomic E-state index is 12.6. The Morgan fingerprint density at radius 2 is 1.72 bits per heavy atom. The highest BCUT2D eigenvalue weighted by molar-refractivity contribution is 8.26. The predicted molar refractivity (Wildman–Crippen MR) is 132 cm³/mol. The molecule has 0 atom stereocenters. The second kappa shape index (κ2) is 11.8.